The maximum absolute atomic E-state index is 13.1. The third-order valence-corrected chi connectivity index (χ3v) is 5.88. The van der Waals surface area contributed by atoms with Crippen molar-refractivity contribution in [2.24, 2.45) is 0 Å². The topological polar surface area (TPSA) is 90.0 Å². The molecule has 0 unspecified atom stereocenters. The zero-order valence-electron chi connectivity index (χ0n) is 14.4. The number of methoxy groups -OCH3 is 1. The summed E-state index contributed by atoms with van der Waals surface area (Å²) in [5.74, 6) is -0.410. The zero-order valence-corrected chi connectivity index (χ0v) is 15.2. The van der Waals surface area contributed by atoms with E-state index in [2.05, 4.69) is 4.85 Å². The summed E-state index contributed by atoms with van der Waals surface area (Å²) < 4.78 is 32.5. The highest BCUT2D eigenvalue weighted by Gasteiger charge is 2.22. The van der Waals surface area contributed by atoms with Crippen LogP contribution in [0.5, 0.6) is 5.75 Å². The van der Waals surface area contributed by atoms with Gasteiger partial charge in [-0.3, -0.25) is 4.79 Å². The number of benzene rings is 2. The second kappa shape index (κ2) is 7.13. The molecule has 27 heavy (non-hydrogen) atoms. The van der Waals surface area contributed by atoms with Crippen LogP contribution in [0, 0.1) is 6.57 Å². The van der Waals surface area contributed by atoms with Gasteiger partial charge in [-0.15, -0.1) is 0 Å². The van der Waals surface area contributed by atoms with E-state index in [-0.39, 0.29) is 17.7 Å². The molecule has 0 spiro atoms. The van der Waals surface area contributed by atoms with Gasteiger partial charge in [0.15, 0.2) is 5.69 Å². The summed E-state index contributed by atoms with van der Waals surface area (Å²) in [6, 6.07) is 10.6. The van der Waals surface area contributed by atoms with Gasteiger partial charge < -0.3 is 9.84 Å². The standard InChI is InChI=1S/C19H16N2O5S/c1-20-14-4-7-16(8-5-14)27(24,25)21-12-13(3-10-19(22)23)17-11-15(26-2)6-9-18(17)21/h4-9,11-12H,3,10H2,2H3,(H,22,23). The van der Waals surface area contributed by atoms with Crippen molar-refractivity contribution in [1.29, 1.82) is 0 Å². The van der Waals surface area contributed by atoms with Gasteiger partial charge in [0, 0.05) is 18.0 Å². The molecule has 0 saturated heterocycles. The molecule has 8 heteroatoms. The molecule has 1 aromatic heterocycles. The van der Waals surface area contributed by atoms with E-state index in [1.54, 1.807) is 18.2 Å². The first-order chi connectivity index (χ1) is 12.9. The molecule has 138 valence electrons. The molecule has 0 atom stereocenters. The van der Waals surface area contributed by atoms with Crippen LogP contribution in [0.15, 0.2) is 53.6 Å². The third kappa shape index (κ3) is 3.50. The van der Waals surface area contributed by atoms with Crippen LogP contribution in [0.1, 0.15) is 12.0 Å². The van der Waals surface area contributed by atoms with Crippen molar-refractivity contribution in [1.82, 2.24) is 3.97 Å². The zero-order chi connectivity index (χ0) is 19.6. The fourth-order valence-corrected chi connectivity index (χ4v) is 4.21. The molecule has 1 N–H and O–H groups in total. The van der Waals surface area contributed by atoms with E-state index in [1.807, 2.05) is 0 Å². The Balaban J connectivity index is 2.17. The van der Waals surface area contributed by atoms with E-state index in [0.29, 0.717) is 27.9 Å². The number of fused-ring (bicyclic) bond motifs is 1. The minimum Gasteiger partial charge on any atom is -0.497 e. The molecule has 0 aliphatic rings. The lowest BCUT2D eigenvalue weighted by atomic mass is 10.1. The maximum Gasteiger partial charge on any atom is 0.303 e. The Morgan fingerprint density at radius 3 is 2.52 bits per heavy atom. The number of rotatable bonds is 6. The van der Waals surface area contributed by atoms with Crippen LogP contribution >= 0.6 is 0 Å². The lowest BCUT2D eigenvalue weighted by Crippen LogP contribution is -2.11. The van der Waals surface area contributed by atoms with E-state index in [4.69, 9.17) is 16.4 Å². The van der Waals surface area contributed by atoms with Crippen molar-refractivity contribution in [3.63, 3.8) is 0 Å². The Bertz CT molecular complexity index is 1160. The number of hydrogen-bond donors (Lipinski definition) is 1. The number of aliphatic carboxylic acids is 1. The van der Waals surface area contributed by atoms with Crippen molar-refractivity contribution in [3.8, 4) is 5.75 Å². The SMILES string of the molecule is [C-]#[N+]c1ccc(S(=O)(=O)n2cc(CCC(=O)O)c3cc(OC)ccc32)cc1. The predicted molar refractivity (Wildman–Crippen MR) is 99.7 cm³/mol. The van der Waals surface area contributed by atoms with E-state index in [9.17, 15) is 13.2 Å². The van der Waals surface area contributed by atoms with Gasteiger partial charge in [0.05, 0.1) is 24.1 Å². The number of nitrogens with zero attached hydrogens (tertiary/aromatic N) is 2. The van der Waals surface area contributed by atoms with Crippen molar-refractivity contribution in [2.75, 3.05) is 7.11 Å². The Morgan fingerprint density at radius 2 is 1.93 bits per heavy atom. The monoisotopic (exact) mass is 384 g/mol. The van der Waals surface area contributed by atoms with Crippen LogP contribution in [-0.4, -0.2) is 30.6 Å². The van der Waals surface area contributed by atoms with Gasteiger partial charge >= 0.3 is 5.97 Å². The highest BCUT2D eigenvalue weighted by molar-refractivity contribution is 7.90. The molecule has 0 amide bonds. The van der Waals surface area contributed by atoms with E-state index < -0.39 is 16.0 Å². The summed E-state index contributed by atoms with van der Waals surface area (Å²) in [6.07, 6.45) is 1.53. The smallest absolute Gasteiger partial charge is 0.303 e. The number of ether oxygens (including phenoxy) is 1. The molecule has 1 heterocycles. The number of hydrogen-bond acceptors (Lipinski definition) is 4. The molecule has 0 aliphatic carbocycles. The second-order valence-electron chi connectivity index (χ2n) is 5.84. The van der Waals surface area contributed by atoms with Gasteiger partial charge in [-0.05, 0) is 30.2 Å². The molecule has 0 radical (unpaired) electrons. The Morgan fingerprint density at radius 1 is 1.22 bits per heavy atom. The molecule has 0 aliphatic heterocycles. The van der Waals surface area contributed by atoms with Gasteiger partial charge in [0.1, 0.15) is 5.75 Å². The Hall–Kier alpha value is -3.31. The van der Waals surface area contributed by atoms with E-state index in [1.165, 1.54) is 37.6 Å². The summed E-state index contributed by atoms with van der Waals surface area (Å²) in [7, 11) is -2.40. The lowest BCUT2D eigenvalue weighted by molar-refractivity contribution is -0.136. The highest BCUT2D eigenvalue weighted by atomic mass is 32.2. The average Bonchev–Trinajstić information content (AvgIpc) is 3.05. The van der Waals surface area contributed by atoms with Crippen LogP contribution in [0.3, 0.4) is 0 Å². The molecule has 0 bridgehead atoms. The summed E-state index contributed by atoms with van der Waals surface area (Å²) in [5.41, 5.74) is 1.39. The molecule has 3 aromatic rings. The van der Waals surface area contributed by atoms with Gasteiger partial charge in [-0.2, -0.15) is 0 Å². The quantitative estimate of drug-likeness (QED) is 0.658. The summed E-state index contributed by atoms with van der Waals surface area (Å²) >= 11 is 0. The fraction of sp³-hybridized carbons (Fsp3) is 0.158. The highest BCUT2D eigenvalue weighted by Crippen LogP contribution is 2.30. The third-order valence-electron chi connectivity index (χ3n) is 4.19. The Kier molecular flexibility index (Phi) is 4.88. The number of aryl methyl sites for hydroxylation is 1. The van der Waals surface area contributed by atoms with Crippen LogP contribution in [-0.2, 0) is 21.2 Å². The van der Waals surface area contributed by atoms with Crippen LogP contribution in [0.4, 0.5) is 5.69 Å². The summed E-state index contributed by atoms with van der Waals surface area (Å²) in [5, 5.41) is 9.59. The Labute approximate surface area is 156 Å². The first-order valence-corrected chi connectivity index (χ1v) is 9.43. The largest absolute Gasteiger partial charge is 0.497 e. The minimum absolute atomic E-state index is 0.0485. The molecule has 3 rings (SSSR count). The number of carboxylic acid groups (broad SMARTS) is 1. The first-order valence-electron chi connectivity index (χ1n) is 7.99. The van der Waals surface area contributed by atoms with Crippen LogP contribution in [0.25, 0.3) is 15.7 Å². The van der Waals surface area contributed by atoms with Gasteiger partial charge in [-0.1, -0.05) is 24.3 Å². The summed E-state index contributed by atoms with van der Waals surface area (Å²) in [4.78, 5) is 14.3. The normalized spacial score (nSPS) is 11.3. The van der Waals surface area contributed by atoms with Gasteiger partial charge in [-0.25, -0.2) is 17.2 Å². The maximum atomic E-state index is 13.1. The van der Waals surface area contributed by atoms with E-state index >= 15 is 0 Å². The van der Waals surface area contributed by atoms with Gasteiger partial charge in [0.2, 0.25) is 0 Å². The number of carboxylic acids is 1. The molecular weight excluding hydrogens is 368 g/mol. The van der Waals surface area contributed by atoms with Crippen LogP contribution in [0.2, 0.25) is 0 Å². The number of carbonyl (C=O) groups is 1. The van der Waals surface area contributed by atoms with Crippen molar-refractivity contribution in [2.45, 2.75) is 17.7 Å². The number of aromatic nitrogens is 1. The van der Waals surface area contributed by atoms with Crippen molar-refractivity contribution < 1.29 is 23.1 Å². The average molecular weight is 384 g/mol. The molecule has 0 fully saturated rings. The second-order valence-corrected chi connectivity index (χ2v) is 7.65. The molecule has 2 aromatic carbocycles. The molecular formula is C19H16N2O5S. The molecule has 0 saturated carbocycles. The van der Waals surface area contributed by atoms with E-state index in [0.717, 1.165) is 3.97 Å². The van der Waals surface area contributed by atoms with Gasteiger partial charge in [0.25, 0.3) is 10.0 Å². The van der Waals surface area contributed by atoms with Crippen LogP contribution < -0.4 is 4.74 Å². The predicted octanol–water partition coefficient (Wildman–Crippen LogP) is 3.45. The van der Waals surface area contributed by atoms with Crippen molar-refractivity contribution >= 4 is 32.6 Å². The summed E-state index contributed by atoms with van der Waals surface area (Å²) in [6.45, 7) is 6.98. The minimum atomic E-state index is -3.90. The fourth-order valence-electron chi connectivity index (χ4n) is 2.82. The first kappa shape index (κ1) is 18.5. The molecule has 7 nitrogen and oxygen atoms in total. The lowest BCUT2D eigenvalue weighted by Gasteiger charge is -2.08. The van der Waals surface area contributed by atoms with Crippen molar-refractivity contribution in [3.05, 3.63) is 65.6 Å².